The van der Waals surface area contributed by atoms with E-state index in [0.717, 1.165) is 5.56 Å². The van der Waals surface area contributed by atoms with Gasteiger partial charge >= 0.3 is 11.9 Å². The molecule has 0 saturated carbocycles. The van der Waals surface area contributed by atoms with Gasteiger partial charge in [-0.3, -0.25) is 4.90 Å². The Kier molecular flexibility index (Phi) is 5.32. The van der Waals surface area contributed by atoms with Crippen LogP contribution in [0.5, 0.6) is 0 Å². The Hall–Kier alpha value is -1.88. The lowest BCUT2D eigenvalue weighted by molar-refractivity contribution is -0.161. The second kappa shape index (κ2) is 6.76. The van der Waals surface area contributed by atoms with Gasteiger partial charge in [-0.15, -0.1) is 0 Å². The van der Waals surface area contributed by atoms with E-state index in [-0.39, 0.29) is 6.61 Å². The fourth-order valence-electron chi connectivity index (χ4n) is 1.44. The lowest BCUT2D eigenvalue weighted by atomic mass is 10.2. The monoisotopic (exact) mass is 251 g/mol. The van der Waals surface area contributed by atoms with E-state index in [1.54, 1.807) is 14.1 Å². The number of likely N-dealkylation sites (N-methyl/N-ethyl adjacent to an activating group) is 1. The van der Waals surface area contributed by atoms with Gasteiger partial charge in [0.2, 0.25) is 6.04 Å². The minimum absolute atomic E-state index is 0.140. The highest BCUT2D eigenvalue weighted by atomic mass is 16.6. The lowest BCUT2D eigenvalue weighted by Gasteiger charge is -2.19. The highest BCUT2D eigenvalue weighted by molar-refractivity contribution is 5.99. The lowest BCUT2D eigenvalue weighted by Crippen LogP contribution is -2.44. The standard InChI is InChI=1S/C13H17NO4/c1-14(2)11(12(15)17-3)13(16)18-9-10-7-5-4-6-8-10/h4-8,11H,9H2,1-3H3. The second-order valence-electron chi connectivity index (χ2n) is 3.98. The molecule has 0 bridgehead atoms. The Balaban J connectivity index is 2.60. The van der Waals surface area contributed by atoms with Crippen LogP contribution in [-0.2, 0) is 25.7 Å². The van der Waals surface area contributed by atoms with Crippen molar-refractivity contribution in [1.29, 1.82) is 0 Å². The van der Waals surface area contributed by atoms with Crippen LogP contribution in [0.1, 0.15) is 5.56 Å². The number of rotatable bonds is 5. The third-order valence-electron chi connectivity index (χ3n) is 2.39. The van der Waals surface area contributed by atoms with Crippen molar-refractivity contribution in [1.82, 2.24) is 4.90 Å². The van der Waals surface area contributed by atoms with Gasteiger partial charge in [-0.05, 0) is 19.7 Å². The van der Waals surface area contributed by atoms with Crippen molar-refractivity contribution in [3.63, 3.8) is 0 Å². The fourth-order valence-corrected chi connectivity index (χ4v) is 1.44. The van der Waals surface area contributed by atoms with E-state index < -0.39 is 18.0 Å². The highest BCUT2D eigenvalue weighted by Crippen LogP contribution is 2.05. The normalized spacial score (nSPS) is 12.0. The van der Waals surface area contributed by atoms with Crippen molar-refractivity contribution in [3.05, 3.63) is 35.9 Å². The van der Waals surface area contributed by atoms with Crippen LogP contribution >= 0.6 is 0 Å². The topological polar surface area (TPSA) is 55.8 Å². The first-order valence-corrected chi connectivity index (χ1v) is 5.51. The number of methoxy groups -OCH3 is 1. The molecule has 5 nitrogen and oxygen atoms in total. The molecule has 18 heavy (non-hydrogen) atoms. The van der Waals surface area contributed by atoms with Gasteiger partial charge in [0.15, 0.2) is 0 Å². The number of hydrogen-bond acceptors (Lipinski definition) is 5. The van der Waals surface area contributed by atoms with Crippen molar-refractivity contribution in [2.45, 2.75) is 12.6 Å². The zero-order valence-corrected chi connectivity index (χ0v) is 10.8. The van der Waals surface area contributed by atoms with Crippen molar-refractivity contribution in [2.75, 3.05) is 21.2 Å². The summed E-state index contributed by atoms with van der Waals surface area (Å²) in [4.78, 5) is 24.7. The first-order valence-electron chi connectivity index (χ1n) is 5.51. The Morgan fingerprint density at radius 3 is 2.28 bits per heavy atom. The Labute approximate surface area is 106 Å². The molecule has 1 unspecified atom stereocenters. The van der Waals surface area contributed by atoms with Crippen LogP contribution in [0.3, 0.4) is 0 Å². The quantitative estimate of drug-likeness (QED) is 0.573. The van der Waals surface area contributed by atoms with Crippen LogP contribution in [0.4, 0.5) is 0 Å². The van der Waals surface area contributed by atoms with Crippen molar-refractivity contribution >= 4 is 11.9 Å². The maximum Gasteiger partial charge on any atom is 0.335 e. The maximum absolute atomic E-state index is 11.8. The van der Waals surface area contributed by atoms with Crippen molar-refractivity contribution in [3.8, 4) is 0 Å². The zero-order chi connectivity index (χ0) is 13.5. The summed E-state index contributed by atoms with van der Waals surface area (Å²) in [5, 5.41) is 0. The van der Waals surface area contributed by atoms with Crippen LogP contribution in [0.15, 0.2) is 30.3 Å². The van der Waals surface area contributed by atoms with Gasteiger partial charge in [0.05, 0.1) is 7.11 Å². The molecular weight excluding hydrogens is 234 g/mol. The Bertz CT molecular complexity index is 403. The summed E-state index contributed by atoms with van der Waals surface area (Å²) in [6.45, 7) is 0.140. The predicted molar refractivity (Wildman–Crippen MR) is 65.7 cm³/mol. The summed E-state index contributed by atoms with van der Waals surface area (Å²) in [5.41, 5.74) is 0.869. The molecule has 0 heterocycles. The number of benzene rings is 1. The van der Waals surface area contributed by atoms with E-state index in [0.29, 0.717) is 0 Å². The third kappa shape index (κ3) is 3.85. The van der Waals surface area contributed by atoms with Gasteiger partial charge in [-0.25, -0.2) is 9.59 Å². The molecule has 0 aliphatic carbocycles. The van der Waals surface area contributed by atoms with Gasteiger partial charge in [-0.2, -0.15) is 0 Å². The van der Waals surface area contributed by atoms with Gasteiger partial charge < -0.3 is 9.47 Å². The Morgan fingerprint density at radius 1 is 1.17 bits per heavy atom. The van der Waals surface area contributed by atoms with Crippen LogP contribution < -0.4 is 0 Å². The van der Waals surface area contributed by atoms with Crippen LogP contribution in [-0.4, -0.2) is 44.1 Å². The van der Waals surface area contributed by atoms with E-state index in [1.807, 2.05) is 30.3 Å². The number of carbonyl (C=O) groups excluding carboxylic acids is 2. The summed E-state index contributed by atoms with van der Waals surface area (Å²) in [6, 6.07) is 8.24. The molecular formula is C13H17NO4. The van der Waals surface area contributed by atoms with Crippen LogP contribution in [0.2, 0.25) is 0 Å². The first-order chi connectivity index (χ1) is 8.56. The van der Waals surface area contributed by atoms with Crippen LogP contribution in [0.25, 0.3) is 0 Å². The summed E-state index contributed by atoms with van der Waals surface area (Å²) in [7, 11) is 4.47. The molecule has 1 atom stereocenters. The van der Waals surface area contributed by atoms with Crippen LogP contribution in [0, 0.1) is 0 Å². The first kappa shape index (κ1) is 14.2. The largest absolute Gasteiger partial charge is 0.467 e. The van der Waals surface area contributed by atoms with Crippen molar-refractivity contribution in [2.24, 2.45) is 0 Å². The third-order valence-corrected chi connectivity index (χ3v) is 2.39. The van der Waals surface area contributed by atoms with E-state index in [4.69, 9.17) is 4.74 Å². The average molecular weight is 251 g/mol. The molecule has 0 aromatic heterocycles. The summed E-state index contributed by atoms with van der Waals surface area (Å²) in [5.74, 6) is -1.24. The zero-order valence-electron chi connectivity index (χ0n) is 10.8. The number of hydrogen-bond donors (Lipinski definition) is 0. The average Bonchev–Trinajstić information content (AvgIpc) is 2.37. The number of esters is 2. The number of nitrogens with zero attached hydrogens (tertiary/aromatic N) is 1. The molecule has 1 aromatic rings. The molecule has 0 aliphatic heterocycles. The van der Waals surface area contributed by atoms with Crippen molar-refractivity contribution < 1.29 is 19.1 Å². The molecule has 0 spiro atoms. The second-order valence-corrected chi connectivity index (χ2v) is 3.98. The Morgan fingerprint density at radius 2 is 1.78 bits per heavy atom. The maximum atomic E-state index is 11.8. The molecule has 0 radical (unpaired) electrons. The molecule has 0 fully saturated rings. The molecule has 5 heteroatoms. The van der Waals surface area contributed by atoms with Gasteiger partial charge in [-0.1, -0.05) is 30.3 Å². The highest BCUT2D eigenvalue weighted by Gasteiger charge is 2.31. The van der Waals surface area contributed by atoms with E-state index in [2.05, 4.69) is 4.74 Å². The number of carbonyl (C=O) groups is 2. The predicted octanol–water partition coefficient (Wildman–Crippen LogP) is 0.833. The molecule has 0 saturated heterocycles. The summed E-state index contributed by atoms with van der Waals surface area (Å²) < 4.78 is 9.66. The molecule has 0 aliphatic rings. The summed E-state index contributed by atoms with van der Waals surface area (Å²) >= 11 is 0. The molecule has 98 valence electrons. The SMILES string of the molecule is COC(=O)C(C(=O)OCc1ccccc1)N(C)C. The van der Waals surface area contributed by atoms with Gasteiger partial charge in [0.25, 0.3) is 0 Å². The van der Waals surface area contributed by atoms with Gasteiger partial charge in [0, 0.05) is 0 Å². The smallest absolute Gasteiger partial charge is 0.335 e. The summed E-state index contributed by atoms with van der Waals surface area (Å²) in [6.07, 6.45) is 0. The molecule has 0 N–H and O–H groups in total. The minimum atomic E-state index is -1.03. The molecule has 1 aromatic carbocycles. The van der Waals surface area contributed by atoms with E-state index in [1.165, 1.54) is 12.0 Å². The minimum Gasteiger partial charge on any atom is -0.467 e. The molecule has 1 rings (SSSR count). The number of ether oxygens (including phenoxy) is 2. The van der Waals surface area contributed by atoms with E-state index >= 15 is 0 Å². The fraction of sp³-hybridized carbons (Fsp3) is 0.385. The van der Waals surface area contributed by atoms with Gasteiger partial charge in [0.1, 0.15) is 6.61 Å². The molecule has 0 amide bonds. The van der Waals surface area contributed by atoms with E-state index in [9.17, 15) is 9.59 Å².